The van der Waals surface area contributed by atoms with Gasteiger partial charge in [0.15, 0.2) is 11.6 Å². The highest BCUT2D eigenvalue weighted by Crippen LogP contribution is 2.30. The molecule has 0 unspecified atom stereocenters. The van der Waals surface area contributed by atoms with E-state index in [0.717, 1.165) is 11.1 Å². The molecule has 3 aromatic carbocycles. The molecule has 126 valence electrons. The summed E-state index contributed by atoms with van der Waals surface area (Å²) in [5.41, 5.74) is 2.43. The molecule has 0 aliphatic rings. The Morgan fingerprint density at radius 1 is 0.731 bits per heavy atom. The van der Waals surface area contributed by atoms with E-state index in [4.69, 9.17) is 0 Å². The molecule has 0 saturated carbocycles. The van der Waals surface area contributed by atoms with Crippen molar-refractivity contribution in [2.45, 2.75) is 0 Å². The molecule has 5 nitrogen and oxygen atoms in total. The van der Waals surface area contributed by atoms with Crippen LogP contribution < -0.4 is 0 Å². The molecule has 1 heterocycles. The van der Waals surface area contributed by atoms with Crippen molar-refractivity contribution < 1.29 is 5.11 Å². The molecule has 5 heteroatoms. The summed E-state index contributed by atoms with van der Waals surface area (Å²) in [5.74, 6) is 1.22. The van der Waals surface area contributed by atoms with Crippen LogP contribution in [0.25, 0.3) is 22.8 Å². The molecule has 0 bridgehead atoms. The lowest BCUT2D eigenvalue weighted by Gasteiger charge is -2.06. The second-order valence-electron chi connectivity index (χ2n) is 5.70. The molecule has 0 aliphatic heterocycles. The van der Waals surface area contributed by atoms with Crippen molar-refractivity contribution in [1.82, 2.24) is 14.9 Å². The van der Waals surface area contributed by atoms with E-state index in [1.54, 1.807) is 29.1 Å². The van der Waals surface area contributed by atoms with Crippen LogP contribution in [0.5, 0.6) is 5.75 Å². The summed E-state index contributed by atoms with van der Waals surface area (Å²) in [6.07, 6.45) is 1.75. The van der Waals surface area contributed by atoms with Crippen molar-refractivity contribution >= 4 is 6.21 Å². The molecular formula is C21H16N4O. The van der Waals surface area contributed by atoms with Crippen LogP contribution in [0, 0.1) is 0 Å². The Morgan fingerprint density at radius 2 is 1.35 bits per heavy atom. The SMILES string of the molecule is Oc1ccccc1-c1nnc(-c2ccccc2)n1N=Cc1ccccc1. The minimum absolute atomic E-state index is 0.135. The summed E-state index contributed by atoms with van der Waals surface area (Å²) in [5, 5.41) is 23.4. The van der Waals surface area contributed by atoms with Crippen LogP contribution in [0.2, 0.25) is 0 Å². The third-order valence-corrected chi connectivity index (χ3v) is 3.94. The van der Waals surface area contributed by atoms with Crippen molar-refractivity contribution in [2.75, 3.05) is 0 Å². The van der Waals surface area contributed by atoms with E-state index in [0.29, 0.717) is 17.2 Å². The number of phenolic OH excluding ortho intramolecular Hbond substituents is 1. The van der Waals surface area contributed by atoms with Gasteiger partial charge in [0.05, 0.1) is 11.8 Å². The first-order valence-corrected chi connectivity index (χ1v) is 8.21. The van der Waals surface area contributed by atoms with Crippen molar-refractivity contribution in [2.24, 2.45) is 5.10 Å². The van der Waals surface area contributed by atoms with Gasteiger partial charge in [0.2, 0.25) is 0 Å². The quantitative estimate of drug-likeness (QED) is 0.566. The van der Waals surface area contributed by atoms with E-state index >= 15 is 0 Å². The van der Waals surface area contributed by atoms with Gasteiger partial charge in [-0.1, -0.05) is 72.8 Å². The zero-order valence-electron chi connectivity index (χ0n) is 13.9. The monoisotopic (exact) mass is 340 g/mol. The third kappa shape index (κ3) is 3.10. The van der Waals surface area contributed by atoms with Crippen LogP contribution in [-0.4, -0.2) is 26.2 Å². The van der Waals surface area contributed by atoms with Crippen LogP contribution in [0.4, 0.5) is 0 Å². The largest absolute Gasteiger partial charge is 0.507 e. The van der Waals surface area contributed by atoms with E-state index in [2.05, 4.69) is 15.3 Å². The Kier molecular flexibility index (Phi) is 4.26. The van der Waals surface area contributed by atoms with E-state index in [-0.39, 0.29) is 5.75 Å². The molecule has 0 radical (unpaired) electrons. The Bertz CT molecular complexity index is 1040. The molecule has 0 amide bonds. The molecule has 1 N–H and O–H groups in total. The zero-order chi connectivity index (χ0) is 17.8. The highest BCUT2D eigenvalue weighted by molar-refractivity contribution is 5.80. The predicted octanol–water partition coefficient (Wildman–Crippen LogP) is 4.20. The molecule has 0 aliphatic carbocycles. The van der Waals surface area contributed by atoms with Crippen LogP contribution in [-0.2, 0) is 0 Å². The highest BCUT2D eigenvalue weighted by atomic mass is 16.3. The fourth-order valence-electron chi connectivity index (χ4n) is 2.65. The van der Waals surface area contributed by atoms with Crippen LogP contribution in [0.15, 0.2) is 90.0 Å². The highest BCUT2D eigenvalue weighted by Gasteiger charge is 2.17. The number of aromatic hydroxyl groups is 1. The Morgan fingerprint density at radius 3 is 2.08 bits per heavy atom. The molecule has 0 atom stereocenters. The van der Waals surface area contributed by atoms with Gasteiger partial charge < -0.3 is 5.11 Å². The third-order valence-electron chi connectivity index (χ3n) is 3.94. The lowest BCUT2D eigenvalue weighted by Crippen LogP contribution is -1.98. The fraction of sp³-hybridized carbons (Fsp3) is 0. The number of phenols is 1. The van der Waals surface area contributed by atoms with E-state index < -0.39 is 0 Å². The summed E-state index contributed by atoms with van der Waals surface area (Å²) in [6, 6.07) is 26.6. The summed E-state index contributed by atoms with van der Waals surface area (Å²) >= 11 is 0. The molecular weight excluding hydrogens is 324 g/mol. The Balaban J connectivity index is 1.87. The number of aromatic nitrogens is 3. The minimum atomic E-state index is 0.135. The zero-order valence-corrected chi connectivity index (χ0v) is 13.9. The maximum absolute atomic E-state index is 10.2. The van der Waals surface area contributed by atoms with Gasteiger partial charge in [-0.3, -0.25) is 0 Å². The number of nitrogens with zero attached hydrogens (tertiary/aromatic N) is 4. The van der Waals surface area contributed by atoms with Gasteiger partial charge in [-0.25, -0.2) is 0 Å². The molecule has 0 saturated heterocycles. The van der Waals surface area contributed by atoms with Crippen molar-refractivity contribution in [3.8, 4) is 28.5 Å². The predicted molar refractivity (Wildman–Crippen MR) is 102 cm³/mol. The first-order chi connectivity index (χ1) is 12.8. The number of rotatable bonds is 4. The van der Waals surface area contributed by atoms with Gasteiger partial charge in [0.25, 0.3) is 0 Å². The maximum atomic E-state index is 10.2. The second-order valence-corrected chi connectivity index (χ2v) is 5.70. The van der Waals surface area contributed by atoms with Gasteiger partial charge in [-0.05, 0) is 17.7 Å². The lowest BCUT2D eigenvalue weighted by molar-refractivity contribution is 0.476. The van der Waals surface area contributed by atoms with Gasteiger partial charge in [0, 0.05) is 5.56 Å². The van der Waals surface area contributed by atoms with Gasteiger partial charge in [-0.2, -0.15) is 9.78 Å². The molecule has 4 rings (SSSR count). The number of benzene rings is 3. The molecule has 0 fully saturated rings. The molecule has 0 spiro atoms. The van der Waals surface area contributed by atoms with E-state index in [1.807, 2.05) is 66.7 Å². The Hall–Kier alpha value is -3.73. The standard InChI is InChI=1S/C21H16N4O/c26-19-14-8-7-13-18(19)21-24-23-20(17-11-5-2-6-12-17)25(21)22-15-16-9-3-1-4-10-16/h1-15,26H. The summed E-state index contributed by atoms with van der Waals surface area (Å²) in [6.45, 7) is 0. The average molecular weight is 340 g/mol. The van der Waals surface area contributed by atoms with Crippen LogP contribution >= 0.6 is 0 Å². The Labute approximate surface area is 150 Å². The fourth-order valence-corrected chi connectivity index (χ4v) is 2.65. The first kappa shape index (κ1) is 15.8. The minimum Gasteiger partial charge on any atom is -0.507 e. The van der Waals surface area contributed by atoms with Crippen molar-refractivity contribution in [1.29, 1.82) is 0 Å². The van der Waals surface area contributed by atoms with Gasteiger partial charge >= 0.3 is 0 Å². The molecule has 26 heavy (non-hydrogen) atoms. The van der Waals surface area contributed by atoms with Crippen LogP contribution in [0.1, 0.15) is 5.56 Å². The molecule has 4 aromatic rings. The van der Waals surface area contributed by atoms with Crippen molar-refractivity contribution in [3.05, 3.63) is 90.5 Å². The van der Waals surface area contributed by atoms with E-state index in [1.165, 1.54) is 0 Å². The normalized spacial score (nSPS) is 11.1. The topological polar surface area (TPSA) is 63.3 Å². The number of para-hydroxylation sites is 1. The van der Waals surface area contributed by atoms with Gasteiger partial charge in [-0.15, -0.1) is 10.2 Å². The average Bonchev–Trinajstić information content (AvgIpc) is 3.12. The van der Waals surface area contributed by atoms with Crippen LogP contribution in [0.3, 0.4) is 0 Å². The summed E-state index contributed by atoms with van der Waals surface area (Å²) in [7, 11) is 0. The number of hydrogen-bond donors (Lipinski definition) is 1. The maximum Gasteiger partial charge on any atom is 0.189 e. The van der Waals surface area contributed by atoms with Crippen molar-refractivity contribution in [3.63, 3.8) is 0 Å². The summed E-state index contributed by atoms with van der Waals surface area (Å²) < 4.78 is 1.65. The van der Waals surface area contributed by atoms with Gasteiger partial charge in [0.1, 0.15) is 5.75 Å². The molecule has 1 aromatic heterocycles. The number of hydrogen-bond acceptors (Lipinski definition) is 4. The lowest BCUT2D eigenvalue weighted by atomic mass is 10.2. The smallest absolute Gasteiger partial charge is 0.189 e. The first-order valence-electron chi connectivity index (χ1n) is 8.21. The van der Waals surface area contributed by atoms with E-state index in [9.17, 15) is 5.11 Å². The summed E-state index contributed by atoms with van der Waals surface area (Å²) in [4.78, 5) is 0. The second kappa shape index (κ2) is 7.03.